The molecule has 3 nitrogen and oxygen atoms in total. The molecule has 16 heavy (non-hydrogen) atoms. The highest BCUT2D eigenvalue weighted by Crippen LogP contribution is 2.26. The van der Waals surface area contributed by atoms with Gasteiger partial charge in [0.2, 0.25) is 0 Å². The van der Waals surface area contributed by atoms with Gasteiger partial charge in [0.05, 0.1) is 5.69 Å². The van der Waals surface area contributed by atoms with Crippen LogP contribution in [0.5, 0.6) is 5.75 Å². The van der Waals surface area contributed by atoms with Crippen LogP contribution in [0.25, 0.3) is 0 Å². The highest BCUT2D eigenvalue weighted by Gasteiger charge is 2.30. The van der Waals surface area contributed by atoms with Gasteiger partial charge in [0.25, 0.3) is 0 Å². The van der Waals surface area contributed by atoms with Crippen molar-refractivity contribution in [1.82, 2.24) is 10.3 Å². The topological polar surface area (TPSA) is 34.1 Å². The summed E-state index contributed by atoms with van der Waals surface area (Å²) in [5.41, 5.74) is 0.979. The molecule has 0 radical (unpaired) electrons. The van der Waals surface area contributed by atoms with Gasteiger partial charge in [-0.3, -0.25) is 4.98 Å². The lowest BCUT2D eigenvalue weighted by molar-refractivity contribution is 0.0841. The minimum Gasteiger partial charge on any atom is -0.488 e. The smallest absolute Gasteiger partial charge is 0.140 e. The Hall–Kier alpha value is -1.09. The van der Waals surface area contributed by atoms with Crippen molar-refractivity contribution in [2.45, 2.75) is 45.3 Å². The fourth-order valence-corrected chi connectivity index (χ4v) is 1.95. The van der Waals surface area contributed by atoms with Crippen LogP contribution in [0, 0.1) is 6.92 Å². The Labute approximate surface area is 97.2 Å². The summed E-state index contributed by atoms with van der Waals surface area (Å²) in [6, 6.07) is 4.57. The van der Waals surface area contributed by atoms with Crippen molar-refractivity contribution in [1.29, 1.82) is 0 Å². The molecule has 2 rings (SSSR count). The van der Waals surface area contributed by atoms with Crippen LogP contribution in [0.2, 0.25) is 0 Å². The number of aromatic nitrogens is 1. The van der Waals surface area contributed by atoms with E-state index in [1.54, 1.807) is 6.20 Å². The zero-order valence-corrected chi connectivity index (χ0v) is 10.1. The standard InChI is InChI=1S/C13H20N2O/c1-3-6-15-11-8-12(9-11)16-13-5-4-7-14-10(13)2/h4-5,7,11-12,15H,3,6,8-9H2,1-2H3. The monoisotopic (exact) mass is 220 g/mol. The fraction of sp³-hybridized carbons (Fsp3) is 0.615. The van der Waals surface area contributed by atoms with Gasteiger partial charge in [0.1, 0.15) is 11.9 Å². The second-order valence-corrected chi connectivity index (χ2v) is 4.45. The molecular weight excluding hydrogens is 200 g/mol. The molecule has 1 fully saturated rings. The second kappa shape index (κ2) is 5.30. The van der Waals surface area contributed by atoms with Gasteiger partial charge in [-0.25, -0.2) is 0 Å². The number of rotatable bonds is 5. The van der Waals surface area contributed by atoms with E-state index >= 15 is 0 Å². The van der Waals surface area contributed by atoms with E-state index in [-0.39, 0.29) is 0 Å². The Morgan fingerprint density at radius 1 is 1.50 bits per heavy atom. The zero-order valence-electron chi connectivity index (χ0n) is 10.1. The summed E-state index contributed by atoms with van der Waals surface area (Å²) in [6.45, 7) is 5.29. The van der Waals surface area contributed by atoms with Gasteiger partial charge in [0, 0.05) is 12.2 Å². The molecule has 1 heterocycles. The Morgan fingerprint density at radius 3 is 3.00 bits per heavy atom. The minimum absolute atomic E-state index is 0.372. The van der Waals surface area contributed by atoms with E-state index < -0.39 is 0 Å². The molecule has 0 bridgehead atoms. The lowest BCUT2D eigenvalue weighted by atomic mass is 9.89. The average molecular weight is 220 g/mol. The summed E-state index contributed by atoms with van der Waals surface area (Å²) in [7, 11) is 0. The molecule has 1 saturated carbocycles. The molecule has 1 aromatic rings. The van der Waals surface area contributed by atoms with Crippen molar-refractivity contribution in [2.75, 3.05) is 6.54 Å². The normalized spacial score (nSPS) is 23.9. The summed E-state index contributed by atoms with van der Waals surface area (Å²) in [6.07, 6.45) is 5.61. The second-order valence-electron chi connectivity index (χ2n) is 4.45. The van der Waals surface area contributed by atoms with E-state index in [1.807, 2.05) is 19.1 Å². The molecule has 0 spiro atoms. The van der Waals surface area contributed by atoms with E-state index in [0.29, 0.717) is 12.1 Å². The SMILES string of the molecule is CCCNC1CC(Oc2cccnc2C)C1. The van der Waals surface area contributed by atoms with Crippen molar-refractivity contribution < 1.29 is 4.74 Å². The molecule has 0 amide bonds. The Balaban J connectivity index is 1.75. The van der Waals surface area contributed by atoms with Crippen LogP contribution in [0.3, 0.4) is 0 Å². The molecule has 0 unspecified atom stereocenters. The number of nitrogens with zero attached hydrogens (tertiary/aromatic N) is 1. The molecule has 0 aliphatic heterocycles. The van der Waals surface area contributed by atoms with Crippen molar-refractivity contribution >= 4 is 0 Å². The highest BCUT2D eigenvalue weighted by molar-refractivity contribution is 5.25. The van der Waals surface area contributed by atoms with E-state index in [9.17, 15) is 0 Å². The number of aryl methyl sites for hydroxylation is 1. The number of pyridine rings is 1. The predicted octanol–water partition coefficient (Wildman–Crippen LogP) is 2.30. The molecule has 88 valence electrons. The Kier molecular flexibility index (Phi) is 3.78. The number of nitrogens with one attached hydrogen (secondary N) is 1. The first kappa shape index (κ1) is 11.4. The maximum Gasteiger partial charge on any atom is 0.140 e. The van der Waals surface area contributed by atoms with Crippen LogP contribution in [0.15, 0.2) is 18.3 Å². The van der Waals surface area contributed by atoms with E-state index in [4.69, 9.17) is 4.74 Å². The van der Waals surface area contributed by atoms with Crippen LogP contribution in [0.1, 0.15) is 31.9 Å². The Morgan fingerprint density at radius 2 is 2.31 bits per heavy atom. The maximum atomic E-state index is 5.89. The number of hydrogen-bond acceptors (Lipinski definition) is 3. The molecule has 3 heteroatoms. The third-order valence-corrected chi connectivity index (χ3v) is 3.03. The quantitative estimate of drug-likeness (QED) is 0.826. The fourth-order valence-electron chi connectivity index (χ4n) is 1.95. The van der Waals surface area contributed by atoms with Crippen LogP contribution in [-0.2, 0) is 0 Å². The number of ether oxygens (including phenoxy) is 1. The van der Waals surface area contributed by atoms with Crippen LogP contribution < -0.4 is 10.1 Å². The van der Waals surface area contributed by atoms with Gasteiger partial charge < -0.3 is 10.1 Å². The largest absolute Gasteiger partial charge is 0.488 e. The van der Waals surface area contributed by atoms with Crippen molar-refractivity contribution in [3.8, 4) is 5.75 Å². The van der Waals surface area contributed by atoms with Crippen LogP contribution in [-0.4, -0.2) is 23.7 Å². The first-order valence-corrected chi connectivity index (χ1v) is 6.11. The van der Waals surface area contributed by atoms with Crippen molar-refractivity contribution in [2.24, 2.45) is 0 Å². The Bertz CT molecular complexity index is 334. The summed E-state index contributed by atoms with van der Waals surface area (Å²) in [4.78, 5) is 4.22. The molecule has 1 aliphatic rings. The van der Waals surface area contributed by atoms with Crippen LogP contribution in [0.4, 0.5) is 0 Å². The molecule has 0 saturated heterocycles. The van der Waals surface area contributed by atoms with Crippen LogP contribution >= 0.6 is 0 Å². The van der Waals surface area contributed by atoms with Gasteiger partial charge in [-0.05, 0) is 44.9 Å². The molecule has 1 aliphatic carbocycles. The van der Waals surface area contributed by atoms with E-state index in [0.717, 1.165) is 30.8 Å². The minimum atomic E-state index is 0.372. The van der Waals surface area contributed by atoms with Gasteiger partial charge in [0.15, 0.2) is 0 Å². The lowest BCUT2D eigenvalue weighted by Gasteiger charge is -2.36. The molecule has 0 atom stereocenters. The first-order chi connectivity index (χ1) is 7.79. The predicted molar refractivity (Wildman–Crippen MR) is 64.7 cm³/mol. The highest BCUT2D eigenvalue weighted by atomic mass is 16.5. The molecule has 0 aromatic carbocycles. The summed E-state index contributed by atoms with van der Waals surface area (Å²) in [5.74, 6) is 0.932. The van der Waals surface area contributed by atoms with Gasteiger partial charge in [-0.1, -0.05) is 6.92 Å². The molecule has 1 N–H and O–H groups in total. The summed E-state index contributed by atoms with van der Waals surface area (Å²) in [5, 5.41) is 3.50. The maximum absolute atomic E-state index is 5.89. The van der Waals surface area contributed by atoms with E-state index in [2.05, 4.69) is 17.2 Å². The molecular formula is C13H20N2O. The van der Waals surface area contributed by atoms with E-state index in [1.165, 1.54) is 6.42 Å². The van der Waals surface area contributed by atoms with Gasteiger partial charge in [-0.2, -0.15) is 0 Å². The first-order valence-electron chi connectivity index (χ1n) is 6.11. The third-order valence-electron chi connectivity index (χ3n) is 3.03. The molecule has 1 aromatic heterocycles. The van der Waals surface area contributed by atoms with Gasteiger partial charge in [-0.15, -0.1) is 0 Å². The average Bonchev–Trinajstić information content (AvgIpc) is 2.24. The van der Waals surface area contributed by atoms with Crippen molar-refractivity contribution in [3.05, 3.63) is 24.0 Å². The summed E-state index contributed by atoms with van der Waals surface area (Å²) < 4.78 is 5.89. The number of hydrogen-bond donors (Lipinski definition) is 1. The van der Waals surface area contributed by atoms with Crippen molar-refractivity contribution in [3.63, 3.8) is 0 Å². The lowest BCUT2D eigenvalue weighted by Crippen LogP contribution is -2.47. The van der Waals surface area contributed by atoms with Gasteiger partial charge >= 0.3 is 0 Å². The third kappa shape index (κ3) is 2.73. The zero-order chi connectivity index (χ0) is 11.4. The summed E-state index contributed by atoms with van der Waals surface area (Å²) >= 11 is 0.